The average molecular weight is 142 g/mol. The summed E-state index contributed by atoms with van der Waals surface area (Å²) in [5.41, 5.74) is 0. The molecule has 2 unspecified atom stereocenters. The number of rotatable bonds is 1. The van der Waals surface area contributed by atoms with Crippen molar-refractivity contribution in [3.8, 4) is 0 Å². The van der Waals surface area contributed by atoms with Gasteiger partial charge in [0.15, 0.2) is 0 Å². The molecule has 9 heavy (non-hydrogen) atoms. The monoisotopic (exact) mass is 142 g/mol. The summed E-state index contributed by atoms with van der Waals surface area (Å²) in [5, 5.41) is 2.00. The molecule has 0 spiro atoms. The van der Waals surface area contributed by atoms with Gasteiger partial charge in [0.1, 0.15) is 6.29 Å². The van der Waals surface area contributed by atoms with Crippen LogP contribution in [0.4, 0.5) is 0 Å². The van der Waals surface area contributed by atoms with Crippen LogP contribution in [-0.4, -0.2) is 11.0 Å². The van der Waals surface area contributed by atoms with E-state index in [1.807, 2.05) is 12.3 Å². The Morgan fingerprint density at radius 3 is 2.67 bits per heavy atom. The number of aldehydes is 1. The van der Waals surface area contributed by atoms with Crippen LogP contribution in [0, 0.1) is 5.92 Å². The molecule has 2 atom stereocenters. The van der Waals surface area contributed by atoms with Gasteiger partial charge in [-0.1, -0.05) is 13.0 Å². The van der Waals surface area contributed by atoms with E-state index in [1.165, 1.54) is 0 Å². The number of carbonyl (C=O) groups is 1. The molecule has 0 aliphatic carbocycles. The van der Waals surface area contributed by atoms with E-state index in [1.54, 1.807) is 11.8 Å². The van der Waals surface area contributed by atoms with Crippen molar-refractivity contribution in [2.24, 2.45) is 5.92 Å². The normalized spacial score (nSPS) is 41.3. The van der Waals surface area contributed by atoms with E-state index in [0.717, 1.165) is 6.29 Å². The Morgan fingerprint density at radius 1 is 1.78 bits per heavy atom. The number of thioether (sulfide) groups is 1. The number of hydrogen-bond donors (Lipinski definition) is 0. The molecule has 1 aliphatic rings. The summed E-state index contributed by atoms with van der Waals surface area (Å²) in [6.45, 7) is 4.03. The maximum atomic E-state index is 10.5. The summed E-state index contributed by atoms with van der Waals surface area (Å²) in [4.78, 5) is 10.5. The van der Waals surface area contributed by atoms with Crippen molar-refractivity contribution in [3.05, 3.63) is 11.5 Å². The molecule has 0 aromatic rings. The van der Waals surface area contributed by atoms with Crippen molar-refractivity contribution >= 4 is 18.0 Å². The van der Waals surface area contributed by atoms with Gasteiger partial charge in [-0.3, -0.25) is 0 Å². The maximum Gasteiger partial charge on any atom is 0.136 e. The van der Waals surface area contributed by atoms with Crippen molar-refractivity contribution < 1.29 is 4.79 Å². The van der Waals surface area contributed by atoms with Crippen LogP contribution in [0.1, 0.15) is 13.8 Å². The number of carbonyl (C=O) groups excluding carboxylic acids is 1. The molecule has 0 amide bonds. The molecule has 0 bridgehead atoms. The molecule has 0 fully saturated rings. The first kappa shape index (κ1) is 6.87. The second kappa shape index (κ2) is 2.18. The first-order valence-corrected chi connectivity index (χ1v) is 3.88. The minimum absolute atomic E-state index is 0.181. The quantitative estimate of drug-likeness (QED) is 0.520. The van der Waals surface area contributed by atoms with Gasteiger partial charge in [0.2, 0.25) is 0 Å². The minimum Gasteiger partial charge on any atom is -0.302 e. The maximum absolute atomic E-state index is 10.5. The van der Waals surface area contributed by atoms with Crippen LogP contribution in [-0.2, 0) is 4.79 Å². The Labute approximate surface area is 59.5 Å². The van der Waals surface area contributed by atoms with Gasteiger partial charge in [0.25, 0.3) is 0 Å². The van der Waals surface area contributed by atoms with E-state index < -0.39 is 0 Å². The molecule has 1 aliphatic heterocycles. The third kappa shape index (κ3) is 1.04. The highest BCUT2D eigenvalue weighted by Gasteiger charge is 2.32. The van der Waals surface area contributed by atoms with E-state index in [2.05, 4.69) is 13.0 Å². The second-order valence-corrected chi connectivity index (χ2v) is 3.92. The van der Waals surface area contributed by atoms with Crippen LogP contribution in [0.2, 0.25) is 0 Å². The minimum atomic E-state index is -0.181. The fourth-order valence-corrected chi connectivity index (χ4v) is 1.69. The Bertz CT molecular complexity index is 153. The molecule has 0 N–H and O–H groups in total. The zero-order chi connectivity index (χ0) is 6.91. The van der Waals surface area contributed by atoms with Gasteiger partial charge in [-0.15, -0.1) is 11.8 Å². The number of hydrogen-bond acceptors (Lipinski definition) is 2. The molecular weight excluding hydrogens is 132 g/mol. The van der Waals surface area contributed by atoms with Gasteiger partial charge >= 0.3 is 0 Å². The molecule has 1 nitrogen and oxygen atoms in total. The second-order valence-electron chi connectivity index (χ2n) is 2.54. The first-order valence-electron chi connectivity index (χ1n) is 3.00. The van der Waals surface area contributed by atoms with E-state index in [0.29, 0.717) is 5.92 Å². The highest BCUT2D eigenvalue weighted by molar-refractivity contribution is 8.04. The van der Waals surface area contributed by atoms with Crippen molar-refractivity contribution in [1.29, 1.82) is 0 Å². The van der Waals surface area contributed by atoms with Crippen molar-refractivity contribution in [2.45, 2.75) is 18.6 Å². The smallest absolute Gasteiger partial charge is 0.136 e. The summed E-state index contributed by atoms with van der Waals surface area (Å²) < 4.78 is -0.181. The van der Waals surface area contributed by atoms with Crippen LogP contribution < -0.4 is 0 Å². The van der Waals surface area contributed by atoms with Crippen LogP contribution in [0.25, 0.3) is 0 Å². The lowest BCUT2D eigenvalue weighted by Crippen LogP contribution is -2.25. The fourth-order valence-electron chi connectivity index (χ4n) is 0.737. The Kier molecular flexibility index (Phi) is 1.66. The SMILES string of the molecule is CC1C=CSC1(C)C=O. The van der Waals surface area contributed by atoms with Gasteiger partial charge in [-0.2, -0.15) is 0 Å². The van der Waals surface area contributed by atoms with E-state index in [9.17, 15) is 4.79 Å². The summed E-state index contributed by atoms with van der Waals surface area (Å²) >= 11 is 1.60. The summed E-state index contributed by atoms with van der Waals surface area (Å²) in [5.74, 6) is 0.389. The molecule has 0 saturated carbocycles. The predicted octanol–water partition coefficient (Wildman–Crippen LogP) is 1.84. The molecule has 0 radical (unpaired) electrons. The van der Waals surface area contributed by atoms with Gasteiger partial charge in [-0.05, 0) is 18.2 Å². The van der Waals surface area contributed by atoms with E-state index >= 15 is 0 Å². The summed E-state index contributed by atoms with van der Waals surface area (Å²) in [6, 6.07) is 0. The van der Waals surface area contributed by atoms with Crippen LogP contribution in [0.15, 0.2) is 11.5 Å². The molecule has 0 aromatic carbocycles. The van der Waals surface area contributed by atoms with E-state index in [4.69, 9.17) is 0 Å². The molecule has 1 rings (SSSR count). The van der Waals surface area contributed by atoms with Gasteiger partial charge < -0.3 is 4.79 Å². The van der Waals surface area contributed by atoms with Gasteiger partial charge in [0.05, 0.1) is 4.75 Å². The lowest BCUT2D eigenvalue weighted by Gasteiger charge is -2.19. The van der Waals surface area contributed by atoms with Crippen LogP contribution >= 0.6 is 11.8 Å². The van der Waals surface area contributed by atoms with Crippen LogP contribution in [0.5, 0.6) is 0 Å². The zero-order valence-electron chi connectivity index (χ0n) is 5.63. The molecule has 0 saturated heterocycles. The zero-order valence-corrected chi connectivity index (χ0v) is 6.44. The third-order valence-electron chi connectivity index (χ3n) is 1.83. The third-order valence-corrected chi connectivity index (χ3v) is 3.10. The lowest BCUT2D eigenvalue weighted by atomic mass is 9.97. The summed E-state index contributed by atoms with van der Waals surface area (Å²) in [6.07, 6.45) is 3.10. The highest BCUT2D eigenvalue weighted by atomic mass is 32.2. The highest BCUT2D eigenvalue weighted by Crippen LogP contribution is 2.38. The van der Waals surface area contributed by atoms with Crippen molar-refractivity contribution in [2.75, 3.05) is 0 Å². The molecule has 2 heteroatoms. The first-order chi connectivity index (χ1) is 4.19. The Hall–Kier alpha value is -0.240. The summed E-state index contributed by atoms with van der Waals surface area (Å²) in [7, 11) is 0. The molecule has 0 aromatic heterocycles. The fraction of sp³-hybridized carbons (Fsp3) is 0.571. The van der Waals surface area contributed by atoms with E-state index in [-0.39, 0.29) is 4.75 Å². The largest absolute Gasteiger partial charge is 0.302 e. The number of allylic oxidation sites excluding steroid dienone is 1. The average Bonchev–Trinajstić information content (AvgIpc) is 2.15. The topological polar surface area (TPSA) is 17.1 Å². The van der Waals surface area contributed by atoms with Crippen molar-refractivity contribution in [3.63, 3.8) is 0 Å². The lowest BCUT2D eigenvalue weighted by molar-refractivity contribution is -0.110. The van der Waals surface area contributed by atoms with Crippen molar-refractivity contribution in [1.82, 2.24) is 0 Å². The van der Waals surface area contributed by atoms with Gasteiger partial charge in [0, 0.05) is 0 Å². The molecular formula is C7H10OS. The standard InChI is InChI=1S/C7H10OS/c1-6-3-4-9-7(6,2)5-8/h3-6H,1-2H3. The Balaban J connectivity index is 2.73. The molecule has 1 heterocycles. The molecule has 50 valence electrons. The predicted molar refractivity (Wildman–Crippen MR) is 40.4 cm³/mol. The van der Waals surface area contributed by atoms with Crippen LogP contribution in [0.3, 0.4) is 0 Å². The Morgan fingerprint density at radius 2 is 2.44 bits per heavy atom. The van der Waals surface area contributed by atoms with Gasteiger partial charge in [-0.25, -0.2) is 0 Å².